The molecule has 1 atom stereocenters. The van der Waals surface area contributed by atoms with Crippen molar-refractivity contribution in [1.29, 1.82) is 0 Å². The third-order valence-corrected chi connectivity index (χ3v) is 3.10. The number of anilines is 1. The zero-order chi connectivity index (χ0) is 13.5. The van der Waals surface area contributed by atoms with Crippen LogP contribution >= 0.6 is 0 Å². The van der Waals surface area contributed by atoms with Crippen LogP contribution in [0.3, 0.4) is 0 Å². The fourth-order valence-corrected chi connectivity index (χ4v) is 1.83. The van der Waals surface area contributed by atoms with Crippen molar-refractivity contribution in [1.82, 2.24) is 9.55 Å². The van der Waals surface area contributed by atoms with Gasteiger partial charge in [0.1, 0.15) is 0 Å². The third kappa shape index (κ3) is 3.84. The topological polar surface area (TPSA) is 67.2 Å². The van der Waals surface area contributed by atoms with E-state index in [-0.39, 0.29) is 18.2 Å². The van der Waals surface area contributed by atoms with Crippen LogP contribution in [0.4, 0.5) is 5.82 Å². The minimum atomic E-state index is -0.0913. The van der Waals surface area contributed by atoms with Crippen LogP contribution in [0.15, 0.2) is 17.2 Å². The lowest BCUT2D eigenvalue weighted by atomic mass is 10.0. The summed E-state index contributed by atoms with van der Waals surface area (Å²) in [5.41, 5.74) is -0.0913. The first-order valence-corrected chi connectivity index (χ1v) is 6.52. The van der Waals surface area contributed by atoms with Crippen molar-refractivity contribution in [2.75, 3.05) is 18.5 Å². The van der Waals surface area contributed by atoms with Crippen LogP contribution in [0.2, 0.25) is 0 Å². The maximum Gasteiger partial charge on any atom is 0.293 e. The van der Waals surface area contributed by atoms with E-state index in [4.69, 9.17) is 5.11 Å². The summed E-state index contributed by atoms with van der Waals surface area (Å²) in [5.74, 6) is 0.756. The molecule has 2 N–H and O–H groups in total. The normalized spacial score (nSPS) is 12.7. The van der Waals surface area contributed by atoms with Crippen LogP contribution in [-0.4, -0.2) is 27.8 Å². The van der Waals surface area contributed by atoms with Gasteiger partial charge < -0.3 is 15.0 Å². The summed E-state index contributed by atoms with van der Waals surface area (Å²) in [6, 6.07) is 0.125. The Morgan fingerprint density at radius 2 is 2.22 bits per heavy atom. The molecule has 0 saturated heterocycles. The second-order valence-corrected chi connectivity index (χ2v) is 4.75. The van der Waals surface area contributed by atoms with Crippen LogP contribution < -0.4 is 10.9 Å². The molecule has 5 nitrogen and oxygen atoms in total. The Balaban J connectivity index is 2.73. The molecule has 1 aromatic heterocycles. The van der Waals surface area contributed by atoms with Gasteiger partial charge in [0.2, 0.25) is 0 Å². The average molecular weight is 253 g/mol. The van der Waals surface area contributed by atoms with Gasteiger partial charge in [0.05, 0.1) is 0 Å². The quantitative estimate of drug-likeness (QED) is 0.775. The summed E-state index contributed by atoms with van der Waals surface area (Å²) in [6.45, 7) is 6.85. The van der Waals surface area contributed by atoms with Crippen molar-refractivity contribution in [3.8, 4) is 0 Å². The number of nitrogens with zero attached hydrogens (tertiary/aromatic N) is 2. The number of hydrogen-bond acceptors (Lipinski definition) is 4. The molecule has 1 aromatic rings. The molecule has 0 aliphatic heterocycles. The molecule has 0 radical (unpaired) electrons. The fraction of sp³-hybridized carbons (Fsp3) is 0.692. The van der Waals surface area contributed by atoms with E-state index in [9.17, 15) is 4.79 Å². The molecule has 0 spiro atoms. The molecule has 0 aliphatic carbocycles. The van der Waals surface area contributed by atoms with E-state index < -0.39 is 0 Å². The Hall–Kier alpha value is -1.36. The van der Waals surface area contributed by atoms with Crippen molar-refractivity contribution < 1.29 is 5.11 Å². The van der Waals surface area contributed by atoms with Crippen molar-refractivity contribution in [3.05, 3.63) is 22.7 Å². The zero-order valence-electron chi connectivity index (χ0n) is 11.4. The number of aliphatic hydroxyl groups is 1. The van der Waals surface area contributed by atoms with Gasteiger partial charge in [-0.3, -0.25) is 4.79 Å². The van der Waals surface area contributed by atoms with Gasteiger partial charge in [-0.1, -0.05) is 13.3 Å². The fourth-order valence-electron chi connectivity index (χ4n) is 1.83. The molecule has 0 saturated carbocycles. The van der Waals surface area contributed by atoms with Crippen LogP contribution in [0.25, 0.3) is 0 Å². The van der Waals surface area contributed by atoms with Gasteiger partial charge in [0, 0.05) is 31.6 Å². The van der Waals surface area contributed by atoms with Crippen LogP contribution in [0, 0.1) is 5.92 Å². The summed E-state index contributed by atoms with van der Waals surface area (Å²) >= 11 is 0. The van der Waals surface area contributed by atoms with Crippen LogP contribution in [-0.2, 0) is 0 Å². The molecule has 0 bridgehead atoms. The summed E-state index contributed by atoms with van der Waals surface area (Å²) in [6.07, 6.45) is 5.05. The molecule has 1 rings (SSSR count). The molecule has 18 heavy (non-hydrogen) atoms. The molecule has 0 aromatic carbocycles. The zero-order valence-corrected chi connectivity index (χ0v) is 11.4. The van der Waals surface area contributed by atoms with E-state index in [1.165, 1.54) is 0 Å². The van der Waals surface area contributed by atoms with Gasteiger partial charge in [-0.15, -0.1) is 0 Å². The SMILES string of the molecule is CCC(CCO)CNc1nccn(C(C)C)c1=O. The molecule has 0 aliphatic rings. The van der Waals surface area contributed by atoms with E-state index in [2.05, 4.69) is 17.2 Å². The minimum Gasteiger partial charge on any atom is -0.396 e. The maximum atomic E-state index is 12.1. The van der Waals surface area contributed by atoms with Crippen LogP contribution in [0.5, 0.6) is 0 Å². The smallest absolute Gasteiger partial charge is 0.293 e. The number of hydrogen-bond donors (Lipinski definition) is 2. The first-order chi connectivity index (χ1) is 8.60. The predicted molar refractivity (Wildman–Crippen MR) is 72.9 cm³/mol. The summed E-state index contributed by atoms with van der Waals surface area (Å²) in [7, 11) is 0. The average Bonchev–Trinajstić information content (AvgIpc) is 2.35. The Kier molecular flexibility index (Phi) is 5.85. The second-order valence-electron chi connectivity index (χ2n) is 4.75. The van der Waals surface area contributed by atoms with Crippen molar-refractivity contribution in [2.45, 2.75) is 39.7 Å². The Bertz CT molecular complexity index is 415. The van der Waals surface area contributed by atoms with Gasteiger partial charge >= 0.3 is 0 Å². The summed E-state index contributed by atoms with van der Waals surface area (Å²) < 4.78 is 1.66. The molecule has 0 fully saturated rings. The van der Waals surface area contributed by atoms with Gasteiger partial charge in [-0.05, 0) is 26.2 Å². The lowest BCUT2D eigenvalue weighted by Crippen LogP contribution is -2.27. The second kappa shape index (κ2) is 7.16. The van der Waals surface area contributed by atoms with Crippen molar-refractivity contribution in [3.63, 3.8) is 0 Å². The molecule has 1 heterocycles. The molecular weight excluding hydrogens is 230 g/mol. The molecule has 102 valence electrons. The lowest BCUT2D eigenvalue weighted by Gasteiger charge is -2.16. The van der Waals surface area contributed by atoms with E-state index in [0.29, 0.717) is 18.3 Å². The molecule has 0 amide bonds. The highest BCUT2D eigenvalue weighted by molar-refractivity contribution is 5.30. The highest BCUT2D eigenvalue weighted by Gasteiger charge is 2.10. The monoisotopic (exact) mass is 253 g/mol. The molecule has 5 heteroatoms. The first kappa shape index (κ1) is 14.7. The van der Waals surface area contributed by atoms with Gasteiger partial charge in [-0.25, -0.2) is 4.98 Å². The predicted octanol–water partition coefficient (Wildman–Crippen LogP) is 1.64. The number of aromatic nitrogens is 2. The first-order valence-electron chi connectivity index (χ1n) is 6.52. The largest absolute Gasteiger partial charge is 0.396 e. The maximum absolute atomic E-state index is 12.1. The highest BCUT2D eigenvalue weighted by Crippen LogP contribution is 2.08. The lowest BCUT2D eigenvalue weighted by molar-refractivity contribution is 0.258. The molecule has 1 unspecified atom stereocenters. The summed E-state index contributed by atoms with van der Waals surface area (Å²) in [5, 5.41) is 12.0. The van der Waals surface area contributed by atoms with Crippen LogP contribution in [0.1, 0.15) is 39.7 Å². The number of nitrogens with one attached hydrogen (secondary N) is 1. The summed E-state index contributed by atoms with van der Waals surface area (Å²) in [4.78, 5) is 16.1. The van der Waals surface area contributed by atoms with Crippen molar-refractivity contribution in [2.24, 2.45) is 5.92 Å². The highest BCUT2D eigenvalue weighted by atomic mass is 16.3. The minimum absolute atomic E-state index is 0.0913. The molecular formula is C13H23N3O2. The number of rotatable bonds is 7. The van der Waals surface area contributed by atoms with Gasteiger partial charge in [0.25, 0.3) is 5.56 Å². The Morgan fingerprint density at radius 1 is 1.50 bits per heavy atom. The van der Waals surface area contributed by atoms with E-state index in [1.54, 1.807) is 17.0 Å². The van der Waals surface area contributed by atoms with Crippen molar-refractivity contribution >= 4 is 5.82 Å². The van der Waals surface area contributed by atoms with E-state index in [1.807, 2.05) is 13.8 Å². The van der Waals surface area contributed by atoms with Gasteiger partial charge in [0.15, 0.2) is 5.82 Å². The van der Waals surface area contributed by atoms with Gasteiger partial charge in [-0.2, -0.15) is 0 Å². The van der Waals surface area contributed by atoms with E-state index >= 15 is 0 Å². The van der Waals surface area contributed by atoms with E-state index in [0.717, 1.165) is 12.8 Å². The standard InChI is InChI=1S/C13H23N3O2/c1-4-11(5-8-17)9-15-12-13(18)16(10(2)3)7-6-14-12/h6-7,10-11,17H,4-5,8-9H2,1-3H3,(H,14,15). The number of aliphatic hydroxyl groups excluding tert-OH is 1. The Morgan fingerprint density at radius 3 is 2.78 bits per heavy atom. The Labute approximate surface area is 108 Å². The third-order valence-electron chi connectivity index (χ3n) is 3.10.